The van der Waals surface area contributed by atoms with Crippen molar-refractivity contribution in [3.8, 4) is 0 Å². The van der Waals surface area contributed by atoms with Crippen LogP contribution in [0.25, 0.3) is 0 Å². The summed E-state index contributed by atoms with van der Waals surface area (Å²) in [7, 11) is 0. The Labute approximate surface area is 456 Å². The number of ether oxygens (including phenoxy) is 2. The molecule has 2 unspecified atom stereocenters. The number of esters is 1. The number of anilines is 2. The van der Waals surface area contributed by atoms with Crippen molar-refractivity contribution < 1.29 is 92.1 Å². The van der Waals surface area contributed by atoms with E-state index in [1.165, 1.54) is 41.3 Å². The van der Waals surface area contributed by atoms with Crippen molar-refractivity contribution in [3.63, 3.8) is 0 Å². The number of aliphatic imine (C=N–C) groups is 1. The first-order valence-electron chi connectivity index (χ1n) is 22.8. The molecular weight excluding hydrogens is 1110 g/mol. The van der Waals surface area contributed by atoms with E-state index in [0.717, 1.165) is 50.8 Å². The molecule has 7 heterocycles. The van der Waals surface area contributed by atoms with Gasteiger partial charge in [-0.05, 0) is 41.5 Å². The third-order valence-electron chi connectivity index (χ3n) is 11.5. The largest absolute Gasteiger partial charge is 0.543 e. The predicted octanol–water partition coefficient (Wildman–Crippen LogP) is -0.585. The maximum absolute atomic E-state index is 14.6. The number of cyclic esters (lactones) is 1. The lowest BCUT2D eigenvalue weighted by molar-refractivity contribution is -0.689. The topological polar surface area (TPSA) is 409 Å². The second-order valence-corrected chi connectivity index (χ2v) is 22.6. The molecule has 33 heteroatoms. The molecule has 0 aliphatic carbocycles. The lowest BCUT2D eigenvalue weighted by Gasteiger charge is -2.48. The minimum atomic E-state index is -2.08. The molecule has 0 radical (unpaired) electrons. The highest BCUT2D eigenvalue weighted by molar-refractivity contribution is 8.00. The van der Waals surface area contributed by atoms with E-state index in [9.17, 15) is 68.4 Å². The number of hydrogen-bond acceptors (Lipinski definition) is 25. The number of carbonyl (C=O) groups is 10. The maximum Gasteiger partial charge on any atom is 0.534 e. The van der Waals surface area contributed by atoms with E-state index in [-0.39, 0.29) is 46.3 Å². The standard InChI is InChI=1S/C45H47N11O18S4/c1-43(2,37(64)65)18-46-24(29(57)50-27-33(60)56-28-20(13-71-36(28)63)15-76-34(27)56)21-16-77-40(47-21)52-31(59)26(32-51-23(35(61)62)19(14-75-32)12-55-10-8-7-9-11-55)49-30(58)25(53-74-45(5,6)39(68)69)22-17-78-41(48-22)54-73-42(70)72-44(3,4)38(66)67/h7-11,16-17,26-27,32,34,51H,12-15,18H2,1-6H3,(H7-,47,48,49,50,52,54,57,58,59,61,62,64,65,66,67,68,69)/b46-24?,53-25-/t26?,27-,32?,34-/m1/s1. The number of amides is 4. The van der Waals surface area contributed by atoms with Crippen molar-refractivity contribution in [2.24, 2.45) is 15.6 Å². The van der Waals surface area contributed by atoms with Gasteiger partial charge in [-0.2, -0.15) is 5.48 Å². The van der Waals surface area contributed by atoms with Gasteiger partial charge < -0.3 is 65.6 Å². The monoisotopic (exact) mass is 1160 g/mol. The van der Waals surface area contributed by atoms with Crippen LogP contribution in [0, 0.1) is 5.41 Å². The number of hydrogen-bond donors (Lipinski definition) is 8. The molecule has 0 aromatic carbocycles. The van der Waals surface area contributed by atoms with Gasteiger partial charge in [-0.1, -0.05) is 11.2 Å². The SMILES string of the molecule is CC(C)(CN=C(C(=O)N[C@@H]1C(=O)N2C3=C(COC3=O)CS[C@H]12)c1csc(NC(=O)C(NC(=O)/C(=N\OC(C)(C)C(=O)O)c2csc(NOC(=O)OC(C)(C)C(=O)O)n2)C2NC(C(=O)[O-])=C(C[n+]3ccccc3)CS2)n1)C(=O)O. The fraction of sp³-hybridized carbons (Fsp3) is 0.400. The van der Waals surface area contributed by atoms with Gasteiger partial charge in [-0.15, -0.1) is 46.2 Å². The molecule has 0 saturated carbocycles. The lowest BCUT2D eigenvalue weighted by Crippen LogP contribution is -2.70. The predicted molar refractivity (Wildman–Crippen MR) is 271 cm³/mol. The summed E-state index contributed by atoms with van der Waals surface area (Å²) in [6, 6.07) is 2.22. The molecule has 4 aliphatic heterocycles. The van der Waals surface area contributed by atoms with Gasteiger partial charge >= 0.3 is 30.0 Å². The number of rotatable bonds is 22. The summed E-state index contributed by atoms with van der Waals surface area (Å²) in [4.78, 5) is 154. The van der Waals surface area contributed by atoms with Crippen molar-refractivity contribution in [1.82, 2.24) is 30.8 Å². The Hall–Kier alpha value is -8.17. The molecule has 1 fully saturated rings. The third-order valence-corrected chi connectivity index (χ3v) is 15.6. The van der Waals surface area contributed by atoms with Crippen LogP contribution in [0.1, 0.15) is 52.9 Å². The van der Waals surface area contributed by atoms with E-state index < -0.39 is 123 Å². The molecule has 0 bridgehead atoms. The van der Waals surface area contributed by atoms with Crippen LogP contribution in [0.4, 0.5) is 15.1 Å². The highest BCUT2D eigenvalue weighted by Crippen LogP contribution is 2.42. The van der Waals surface area contributed by atoms with Crippen LogP contribution < -0.4 is 36.4 Å². The van der Waals surface area contributed by atoms with Crippen LogP contribution in [0.15, 0.2) is 74.0 Å². The van der Waals surface area contributed by atoms with E-state index >= 15 is 0 Å². The van der Waals surface area contributed by atoms with Crippen LogP contribution in [0.2, 0.25) is 0 Å². The summed E-state index contributed by atoms with van der Waals surface area (Å²) in [6.07, 6.45) is 1.88. The molecule has 4 atom stereocenters. The van der Waals surface area contributed by atoms with Gasteiger partial charge in [0.25, 0.3) is 23.6 Å². The first-order chi connectivity index (χ1) is 36.7. The number of aromatic nitrogens is 3. The smallest absolute Gasteiger partial charge is 0.534 e. The highest BCUT2D eigenvalue weighted by atomic mass is 32.2. The number of pyridine rings is 1. The summed E-state index contributed by atoms with van der Waals surface area (Å²) in [5.74, 6) is -10.2. The molecule has 0 spiro atoms. The van der Waals surface area contributed by atoms with Gasteiger partial charge in [-0.25, -0.2) is 33.7 Å². The van der Waals surface area contributed by atoms with Crippen LogP contribution >= 0.6 is 46.2 Å². The second kappa shape index (κ2) is 23.2. The Kier molecular flexibility index (Phi) is 17.1. The van der Waals surface area contributed by atoms with Crippen molar-refractivity contribution >= 4 is 128 Å². The number of thioether (sulfide) groups is 2. The fourth-order valence-electron chi connectivity index (χ4n) is 6.95. The molecule has 3 aromatic rings. The molecule has 1 saturated heterocycles. The zero-order valence-corrected chi connectivity index (χ0v) is 44.9. The van der Waals surface area contributed by atoms with Crippen molar-refractivity contribution in [2.75, 3.05) is 35.5 Å². The van der Waals surface area contributed by atoms with Crippen molar-refractivity contribution in [2.45, 2.75) is 82.1 Å². The number of nitrogens with one attached hydrogen (secondary N) is 5. The van der Waals surface area contributed by atoms with Crippen LogP contribution in [-0.4, -0.2) is 160 Å². The summed E-state index contributed by atoms with van der Waals surface area (Å²) in [6.45, 7) is 6.70. The van der Waals surface area contributed by atoms with E-state index in [2.05, 4.69) is 46.9 Å². The number of fused-ring (bicyclic) bond motifs is 2. The molecule has 29 nitrogen and oxygen atoms in total. The average Bonchev–Trinajstić information content (AvgIpc) is 4.29. The van der Waals surface area contributed by atoms with Crippen molar-refractivity contribution in [1.29, 1.82) is 0 Å². The van der Waals surface area contributed by atoms with E-state index in [4.69, 9.17) is 19.1 Å². The zero-order chi connectivity index (χ0) is 57.0. The Bertz CT molecular complexity index is 3120. The number of carboxylic acid groups (broad SMARTS) is 4. The molecule has 78 heavy (non-hydrogen) atoms. The Morgan fingerprint density at radius 1 is 0.885 bits per heavy atom. The van der Waals surface area contributed by atoms with Crippen LogP contribution in [0.3, 0.4) is 0 Å². The summed E-state index contributed by atoms with van der Waals surface area (Å²) in [5, 5.41) is 55.8. The van der Waals surface area contributed by atoms with Gasteiger partial charge in [0.1, 0.15) is 52.2 Å². The van der Waals surface area contributed by atoms with Gasteiger partial charge in [0.2, 0.25) is 16.3 Å². The van der Waals surface area contributed by atoms with Crippen LogP contribution in [-0.2, 0) is 68.8 Å². The zero-order valence-electron chi connectivity index (χ0n) is 41.7. The third kappa shape index (κ3) is 13.0. The van der Waals surface area contributed by atoms with E-state index in [1.54, 1.807) is 35.2 Å². The quantitative estimate of drug-likeness (QED) is 0.0205. The maximum atomic E-state index is 14.6. The Morgan fingerprint density at radius 3 is 2.19 bits per heavy atom. The molecular formula is C45H47N11O18S4. The van der Waals surface area contributed by atoms with Gasteiger partial charge in [-0.3, -0.25) is 33.9 Å². The first-order valence-corrected chi connectivity index (χ1v) is 26.6. The minimum Gasteiger partial charge on any atom is -0.543 e. The number of thiazole rings is 2. The number of oxime groups is 1. The van der Waals surface area contributed by atoms with E-state index in [0.29, 0.717) is 28.2 Å². The summed E-state index contributed by atoms with van der Waals surface area (Å²) in [5.41, 5.74) is -4.60. The molecule has 4 amide bonds. The van der Waals surface area contributed by atoms with Gasteiger partial charge in [0.05, 0.1) is 23.6 Å². The number of β-lactam (4-membered cyclic amide) rings is 1. The van der Waals surface area contributed by atoms with Crippen molar-refractivity contribution in [3.05, 3.63) is 75.3 Å². The van der Waals surface area contributed by atoms with Crippen LogP contribution in [0.5, 0.6) is 0 Å². The fourth-order valence-corrected chi connectivity index (χ4v) is 10.8. The molecule has 8 N–H and O–H groups in total. The first kappa shape index (κ1) is 57.5. The van der Waals surface area contributed by atoms with Gasteiger partial charge in [0.15, 0.2) is 29.8 Å². The number of aliphatic carboxylic acids is 4. The minimum absolute atomic E-state index is 0.0316. The number of carbonyl (C=O) groups excluding carboxylic acids is 7. The lowest BCUT2D eigenvalue weighted by atomic mass is 9.94. The second-order valence-electron chi connectivity index (χ2n) is 18.7. The molecule has 3 aromatic heterocycles. The molecule has 7 rings (SSSR count). The molecule has 4 aliphatic rings. The average molecular weight is 1160 g/mol. The summed E-state index contributed by atoms with van der Waals surface area (Å²) >= 11 is 3.71. The number of carboxylic acids is 4. The number of nitrogens with zero attached hydrogens (tertiary/aromatic N) is 6. The molecule has 414 valence electrons. The summed E-state index contributed by atoms with van der Waals surface area (Å²) < 4.78 is 11.5. The normalized spacial score (nSPS) is 18.9. The Morgan fingerprint density at radius 2 is 1.54 bits per heavy atom. The highest BCUT2D eigenvalue weighted by Gasteiger charge is 2.56. The Balaban J connectivity index is 1.18. The van der Waals surface area contributed by atoms with Gasteiger partial charge in [0, 0.05) is 45.5 Å². The van der Waals surface area contributed by atoms with E-state index in [1.807, 2.05) is 0 Å².